The van der Waals surface area contributed by atoms with E-state index in [0.717, 1.165) is 22.4 Å². The minimum Gasteiger partial charge on any atom is -0.294 e. The molecular weight excluding hydrogens is 222 g/mol. The Balaban J connectivity index is 2.27. The Morgan fingerprint density at radius 1 is 1.06 bits per heavy atom. The van der Waals surface area contributed by atoms with Gasteiger partial charge >= 0.3 is 0 Å². The number of hydrogen-bond acceptors (Lipinski definition) is 2. The van der Waals surface area contributed by atoms with E-state index >= 15 is 0 Å². The van der Waals surface area contributed by atoms with Crippen LogP contribution in [0.2, 0.25) is 0 Å². The average Bonchev–Trinajstić information content (AvgIpc) is 2.35. The summed E-state index contributed by atoms with van der Waals surface area (Å²) in [5, 5.41) is 0. The van der Waals surface area contributed by atoms with Crippen molar-refractivity contribution >= 4 is 5.78 Å². The lowest BCUT2D eigenvalue weighted by Crippen LogP contribution is -2.07. The molecule has 2 nitrogen and oxygen atoms in total. The summed E-state index contributed by atoms with van der Waals surface area (Å²) in [4.78, 5) is 16.5. The van der Waals surface area contributed by atoms with Crippen LogP contribution in [0.5, 0.6) is 0 Å². The summed E-state index contributed by atoms with van der Waals surface area (Å²) in [5.41, 5.74) is 5.05. The molecule has 0 unspecified atom stereocenters. The van der Waals surface area contributed by atoms with Crippen molar-refractivity contribution in [2.24, 2.45) is 0 Å². The Morgan fingerprint density at radius 3 is 2.44 bits per heavy atom. The van der Waals surface area contributed by atoms with Crippen molar-refractivity contribution in [2.45, 2.75) is 27.2 Å². The van der Waals surface area contributed by atoms with Gasteiger partial charge < -0.3 is 0 Å². The van der Waals surface area contributed by atoms with E-state index in [-0.39, 0.29) is 5.78 Å². The van der Waals surface area contributed by atoms with Gasteiger partial charge in [0.15, 0.2) is 5.78 Å². The highest BCUT2D eigenvalue weighted by Gasteiger charge is 2.11. The van der Waals surface area contributed by atoms with Crippen LogP contribution in [-0.4, -0.2) is 10.8 Å². The van der Waals surface area contributed by atoms with Gasteiger partial charge in [0.1, 0.15) is 0 Å². The van der Waals surface area contributed by atoms with Gasteiger partial charge in [0.25, 0.3) is 0 Å². The summed E-state index contributed by atoms with van der Waals surface area (Å²) in [6.07, 6.45) is 2.08. The predicted octanol–water partition coefficient (Wildman–Crippen LogP) is 3.43. The number of rotatable bonds is 3. The standard InChI is InChI=1S/C16H17NO/c1-11-8-13(3)15(9-12(11)2)16(18)10-14-6-4-5-7-17-14/h4-9H,10H2,1-3H3. The molecule has 92 valence electrons. The Morgan fingerprint density at radius 2 is 1.78 bits per heavy atom. The molecule has 0 atom stereocenters. The minimum atomic E-state index is 0.134. The van der Waals surface area contributed by atoms with Gasteiger partial charge in [0, 0.05) is 17.5 Å². The van der Waals surface area contributed by atoms with Gasteiger partial charge in [-0.05, 0) is 55.7 Å². The average molecular weight is 239 g/mol. The van der Waals surface area contributed by atoms with Crippen LogP contribution in [0.1, 0.15) is 32.7 Å². The van der Waals surface area contributed by atoms with Crippen molar-refractivity contribution in [3.8, 4) is 0 Å². The Kier molecular flexibility index (Phi) is 3.56. The lowest BCUT2D eigenvalue weighted by atomic mass is 9.96. The molecule has 0 bridgehead atoms. The van der Waals surface area contributed by atoms with E-state index in [9.17, 15) is 4.79 Å². The van der Waals surface area contributed by atoms with E-state index in [2.05, 4.69) is 18.0 Å². The van der Waals surface area contributed by atoms with E-state index in [1.165, 1.54) is 5.56 Å². The second kappa shape index (κ2) is 5.13. The van der Waals surface area contributed by atoms with Gasteiger partial charge in [0.05, 0.1) is 6.42 Å². The molecule has 0 amide bonds. The van der Waals surface area contributed by atoms with Crippen LogP contribution in [-0.2, 0) is 6.42 Å². The molecule has 1 aromatic heterocycles. The molecule has 0 spiro atoms. The lowest BCUT2D eigenvalue weighted by molar-refractivity contribution is 0.0991. The number of carbonyl (C=O) groups is 1. The van der Waals surface area contributed by atoms with Gasteiger partial charge in [-0.2, -0.15) is 0 Å². The molecule has 0 aliphatic carbocycles. The Labute approximate surface area is 108 Å². The molecule has 2 heteroatoms. The maximum atomic E-state index is 12.3. The monoisotopic (exact) mass is 239 g/mol. The topological polar surface area (TPSA) is 30.0 Å². The molecule has 1 aromatic carbocycles. The second-order valence-electron chi connectivity index (χ2n) is 4.67. The van der Waals surface area contributed by atoms with E-state index in [0.29, 0.717) is 6.42 Å². The fraction of sp³-hybridized carbons (Fsp3) is 0.250. The normalized spacial score (nSPS) is 10.4. The third kappa shape index (κ3) is 2.65. The molecule has 0 saturated heterocycles. The highest BCUT2D eigenvalue weighted by Crippen LogP contribution is 2.17. The highest BCUT2D eigenvalue weighted by molar-refractivity contribution is 5.98. The van der Waals surface area contributed by atoms with Gasteiger partial charge in [-0.15, -0.1) is 0 Å². The summed E-state index contributed by atoms with van der Waals surface area (Å²) in [5.74, 6) is 0.134. The van der Waals surface area contributed by atoms with E-state index < -0.39 is 0 Å². The van der Waals surface area contributed by atoms with E-state index in [4.69, 9.17) is 0 Å². The number of ketones is 1. The van der Waals surface area contributed by atoms with Crippen LogP contribution in [0.25, 0.3) is 0 Å². The molecule has 0 radical (unpaired) electrons. The van der Waals surface area contributed by atoms with Crippen LogP contribution in [0.15, 0.2) is 36.5 Å². The molecule has 0 aliphatic rings. The first-order chi connectivity index (χ1) is 8.58. The van der Waals surface area contributed by atoms with Crippen molar-refractivity contribution in [1.82, 2.24) is 4.98 Å². The van der Waals surface area contributed by atoms with Crippen LogP contribution in [0, 0.1) is 20.8 Å². The molecule has 2 aromatic rings. The SMILES string of the molecule is Cc1cc(C)c(C(=O)Cc2ccccn2)cc1C. The fourth-order valence-corrected chi connectivity index (χ4v) is 2.02. The quantitative estimate of drug-likeness (QED) is 0.768. The molecule has 1 heterocycles. The number of aromatic nitrogens is 1. The fourth-order valence-electron chi connectivity index (χ4n) is 2.02. The van der Waals surface area contributed by atoms with E-state index in [1.54, 1.807) is 6.20 Å². The van der Waals surface area contributed by atoms with Crippen molar-refractivity contribution in [2.75, 3.05) is 0 Å². The summed E-state index contributed by atoms with van der Waals surface area (Å²) in [6, 6.07) is 9.70. The summed E-state index contributed by atoms with van der Waals surface area (Å²) >= 11 is 0. The van der Waals surface area contributed by atoms with Crippen molar-refractivity contribution in [3.05, 3.63) is 64.5 Å². The largest absolute Gasteiger partial charge is 0.294 e. The van der Waals surface area contributed by atoms with Crippen molar-refractivity contribution in [1.29, 1.82) is 0 Å². The zero-order valence-corrected chi connectivity index (χ0v) is 11.0. The summed E-state index contributed by atoms with van der Waals surface area (Å²) < 4.78 is 0. The van der Waals surface area contributed by atoms with Crippen molar-refractivity contribution in [3.63, 3.8) is 0 Å². The number of hydrogen-bond donors (Lipinski definition) is 0. The third-order valence-corrected chi connectivity index (χ3v) is 3.21. The van der Waals surface area contributed by atoms with E-state index in [1.807, 2.05) is 38.1 Å². The number of benzene rings is 1. The van der Waals surface area contributed by atoms with Crippen LogP contribution in [0.3, 0.4) is 0 Å². The second-order valence-corrected chi connectivity index (χ2v) is 4.67. The highest BCUT2D eigenvalue weighted by atomic mass is 16.1. The molecule has 2 rings (SSSR count). The first-order valence-corrected chi connectivity index (χ1v) is 6.09. The zero-order valence-electron chi connectivity index (χ0n) is 11.0. The molecule has 0 fully saturated rings. The molecule has 0 N–H and O–H groups in total. The number of carbonyl (C=O) groups excluding carboxylic acids is 1. The van der Waals surface area contributed by atoms with Gasteiger partial charge in [-0.1, -0.05) is 12.1 Å². The first-order valence-electron chi connectivity index (χ1n) is 6.09. The van der Waals surface area contributed by atoms with Gasteiger partial charge in [0.2, 0.25) is 0 Å². The van der Waals surface area contributed by atoms with Crippen molar-refractivity contribution < 1.29 is 4.79 Å². The number of pyridine rings is 1. The number of aryl methyl sites for hydroxylation is 3. The minimum absolute atomic E-state index is 0.134. The molecule has 0 saturated carbocycles. The van der Waals surface area contributed by atoms with Crippen LogP contribution >= 0.6 is 0 Å². The molecule has 18 heavy (non-hydrogen) atoms. The Bertz CT molecular complexity index is 573. The van der Waals surface area contributed by atoms with Gasteiger partial charge in [-0.3, -0.25) is 9.78 Å². The maximum Gasteiger partial charge on any atom is 0.169 e. The molecule has 0 aliphatic heterocycles. The summed E-state index contributed by atoms with van der Waals surface area (Å²) in [7, 11) is 0. The number of Topliss-reactive ketones (excluding diaryl/α,β-unsaturated/α-hetero) is 1. The van der Waals surface area contributed by atoms with Crippen LogP contribution < -0.4 is 0 Å². The third-order valence-electron chi connectivity index (χ3n) is 3.21. The lowest BCUT2D eigenvalue weighted by Gasteiger charge is -2.08. The molecular formula is C16H17NO. The zero-order chi connectivity index (χ0) is 13.1. The first kappa shape index (κ1) is 12.5. The smallest absolute Gasteiger partial charge is 0.169 e. The maximum absolute atomic E-state index is 12.3. The Hall–Kier alpha value is -1.96. The van der Waals surface area contributed by atoms with Gasteiger partial charge in [-0.25, -0.2) is 0 Å². The predicted molar refractivity (Wildman–Crippen MR) is 72.9 cm³/mol. The summed E-state index contributed by atoms with van der Waals surface area (Å²) in [6.45, 7) is 6.08. The van der Waals surface area contributed by atoms with Crippen LogP contribution in [0.4, 0.5) is 0 Å². The number of nitrogens with zero attached hydrogens (tertiary/aromatic N) is 1.